The zero-order chi connectivity index (χ0) is 13.8. The molecule has 2 rings (SSSR count). The molecule has 0 saturated carbocycles. The average Bonchev–Trinajstić information content (AvgIpc) is 2.36. The van der Waals surface area contributed by atoms with Crippen LogP contribution in [0.25, 0.3) is 0 Å². The zero-order valence-electron chi connectivity index (χ0n) is 10.7. The quantitative estimate of drug-likeness (QED) is 0.663. The Morgan fingerprint density at radius 2 is 2.00 bits per heavy atom. The lowest BCUT2D eigenvalue weighted by molar-refractivity contribution is 0.544. The number of halogens is 2. The number of benzene rings is 2. The summed E-state index contributed by atoms with van der Waals surface area (Å²) in [6, 6.07) is 12.3. The highest BCUT2D eigenvalue weighted by atomic mass is 35.5. The van der Waals surface area contributed by atoms with Crippen molar-refractivity contribution in [1.82, 2.24) is 5.43 Å². The van der Waals surface area contributed by atoms with Crippen molar-refractivity contribution < 1.29 is 4.39 Å². The maximum atomic E-state index is 13.4. The molecule has 19 heavy (non-hydrogen) atoms. The van der Waals surface area contributed by atoms with E-state index in [4.69, 9.17) is 17.4 Å². The van der Waals surface area contributed by atoms with Crippen molar-refractivity contribution in [3.63, 3.8) is 0 Å². The van der Waals surface area contributed by atoms with Gasteiger partial charge in [0.15, 0.2) is 0 Å². The minimum absolute atomic E-state index is 0.172. The minimum atomic E-state index is -0.255. The number of hydrogen-bond acceptors (Lipinski definition) is 2. The standard InChI is InChI=1S/C15H16ClFN2/c1-10-6-12(8-13(17)7-10)15(19-18)9-11-4-2-3-5-14(11)16/h2-8,15,19H,9,18H2,1H3. The highest BCUT2D eigenvalue weighted by molar-refractivity contribution is 6.31. The van der Waals surface area contributed by atoms with Gasteiger partial charge in [-0.3, -0.25) is 11.3 Å². The molecule has 2 aromatic carbocycles. The van der Waals surface area contributed by atoms with Gasteiger partial charge in [0.25, 0.3) is 0 Å². The smallest absolute Gasteiger partial charge is 0.123 e. The highest BCUT2D eigenvalue weighted by Gasteiger charge is 2.13. The highest BCUT2D eigenvalue weighted by Crippen LogP contribution is 2.24. The maximum Gasteiger partial charge on any atom is 0.123 e. The average molecular weight is 279 g/mol. The van der Waals surface area contributed by atoms with Crippen LogP contribution < -0.4 is 11.3 Å². The lowest BCUT2D eigenvalue weighted by atomic mass is 9.98. The molecule has 2 aromatic rings. The summed E-state index contributed by atoms with van der Waals surface area (Å²) in [5.74, 6) is 5.33. The Hall–Kier alpha value is -1.42. The molecule has 0 saturated heterocycles. The summed E-state index contributed by atoms with van der Waals surface area (Å²) in [4.78, 5) is 0. The predicted octanol–water partition coefficient (Wildman–Crippen LogP) is 3.53. The summed E-state index contributed by atoms with van der Waals surface area (Å²) in [6.07, 6.45) is 0.610. The summed E-state index contributed by atoms with van der Waals surface area (Å²) >= 11 is 6.13. The van der Waals surface area contributed by atoms with Crippen molar-refractivity contribution in [3.05, 3.63) is 70.0 Å². The molecule has 100 valence electrons. The van der Waals surface area contributed by atoms with E-state index in [-0.39, 0.29) is 11.9 Å². The monoisotopic (exact) mass is 278 g/mol. The van der Waals surface area contributed by atoms with E-state index in [0.717, 1.165) is 16.7 Å². The molecule has 0 aromatic heterocycles. The van der Waals surface area contributed by atoms with E-state index in [1.54, 1.807) is 0 Å². The van der Waals surface area contributed by atoms with Crippen LogP contribution in [-0.4, -0.2) is 0 Å². The van der Waals surface area contributed by atoms with Crippen molar-refractivity contribution in [1.29, 1.82) is 0 Å². The second kappa shape index (κ2) is 6.15. The molecule has 0 heterocycles. The summed E-state index contributed by atoms with van der Waals surface area (Å²) in [5.41, 5.74) is 5.39. The van der Waals surface area contributed by atoms with Crippen LogP contribution in [0.4, 0.5) is 4.39 Å². The first-order valence-electron chi connectivity index (χ1n) is 6.07. The van der Waals surface area contributed by atoms with E-state index in [1.165, 1.54) is 12.1 Å². The van der Waals surface area contributed by atoms with Crippen LogP contribution in [-0.2, 0) is 6.42 Å². The van der Waals surface area contributed by atoms with Crippen LogP contribution in [0.1, 0.15) is 22.7 Å². The predicted molar refractivity (Wildman–Crippen MR) is 76.4 cm³/mol. The molecule has 4 heteroatoms. The largest absolute Gasteiger partial charge is 0.271 e. The molecule has 0 radical (unpaired) electrons. The van der Waals surface area contributed by atoms with Crippen molar-refractivity contribution in [2.45, 2.75) is 19.4 Å². The molecule has 0 aliphatic rings. The normalized spacial score (nSPS) is 12.4. The zero-order valence-corrected chi connectivity index (χ0v) is 11.4. The third kappa shape index (κ3) is 3.53. The molecule has 0 aliphatic heterocycles. The molecule has 1 unspecified atom stereocenters. The van der Waals surface area contributed by atoms with Gasteiger partial charge in [0.1, 0.15) is 5.82 Å². The third-order valence-corrected chi connectivity index (χ3v) is 3.42. The van der Waals surface area contributed by atoms with Crippen LogP contribution in [0.5, 0.6) is 0 Å². The van der Waals surface area contributed by atoms with Crippen LogP contribution in [0.2, 0.25) is 5.02 Å². The molecule has 0 fully saturated rings. The number of nitrogens with two attached hydrogens (primary N) is 1. The fourth-order valence-corrected chi connectivity index (χ4v) is 2.34. The van der Waals surface area contributed by atoms with E-state index in [2.05, 4.69) is 5.43 Å². The molecule has 0 bridgehead atoms. The fourth-order valence-electron chi connectivity index (χ4n) is 2.12. The second-order valence-electron chi connectivity index (χ2n) is 4.58. The lowest BCUT2D eigenvalue weighted by Crippen LogP contribution is -2.29. The molecule has 0 spiro atoms. The summed E-state index contributed by atoms with van der Waals surface area (Å²) < 4.78 is 13.4. The Bertz CT molecular complexity index is 552. The van der Waals surface area contributed by atoms with Crippen LogP contribution >= 0.6 is 11.6 Å². The van der Waals surface area contributed by atoms with Crippen molar-refractivity contribution >= 4 is 11.6 Å². The van der Waals surface area contributed by atoms with Gasteiger partial charge in [-0.25, -0.2) is 4.39 Å². The summed E-state index contributed by atoms with van der Waals surface area (Å²) in [5, 5.41) is 0.691. The topological polar surface area (TPSA) is 38.0 Å². The first-order chi connectivity index (χ1) is 9.10. The van der Waals surface area contributed by atoms with Crippen molar-refractivity contribution in [3.8, 4) is 0 Å². The molecule has 0 amide bonds. The van der Waals surface area contributed by atoms with Gasteiger partial charge in [-0.2, -0.15) is 0 Å². The van der Waals surface area contributed by atoms with E-state index >= 15 is 0 Å². The number of rotatable bonds is 4. The number of aryl methyl sites for hydroxylation is 1. The first-order valence-corrected chi connectivity index (χ1v) is 6.44. The SMILES string of the molecule is Cc1cc(F)cc(C(Cc2ccccc2Cl)NN)c1. The number of nitrogens with one attached hydrogen (secondary N) is 1. The Balaban J connectivity index is 2.28. The third-order valence-electron chi connectivity index (χ3n) is 3.05. The molecule has 1 atom stereocenters. The Morgan fingerprint density at radius 1 is 1.26 bits per heavy atom. The molecular formula is C15H16ClFN2. The number of hydrazine groups is 1. The van der Waals surface area contributed by atoms with Crippen LogP contribution in [0.15, 0.2) is 42.5 Å². The van der Waals surface area contributed by atoms with E-state index in [0.29, 0.717) is 11.4 Å². The van der Waals surface area contributed by atoms with Crippen molar-refractivity contribution in [2.24, 2.45) is 5.84 Å². The molecule has 2 nitrogen and oxygen atoms in total. The van der Waals surface area contributed by atoms with Crippen LogP contribution in [0.3, 0.4) is 0 Å². The molecular weight excluding hydrogens is 263 g/mol. The lowest BCUT2D eigenvalue weighted by Gasteiger charge is -2.18. The Morgan fingerprint density at radius 3 is 2.63 bits per heavy atom. The van der Waals surface area contributed by atoms with Gasteiger partial charge in [0.05, 0.1) is 6.04 Å². The second-order valence-corrected chi connectivity index (χ2v) is 4.98. The molecule has 0 aliphatic carbocycles. The van der Waals surface area contributed by atoms with Crippen molar-refractivity contribution in [2.75, 3.05) is 0 Å². The summed E-state index contributed by atoms with van der Waals surface area (Å²) in [7, 11) is 0. The molecule has 3 N–H and O–H groups in total. The first kappa shape index (κ1) is 14.0. The van der Waals surface area contributed by atoms with E-state index in [1.807, 2.05) is 37.3 Å². The van der Waals surface area contributed by atoms with Gasteiger partial charge in [0.2, 0.25) is 0 Å². The Labute approximate surface area is 117 Å². The van der Waals surface area contributed by atoms with E-state index < -0.39 is 0 Å². The van der Waals surface area contributed by atoms with Gasteiger partial charge in [0, 0.05) is 5.02 Å². The maximum absolute atomic E-state index is 13.4. The van der Waals surface area contributed by atoms with Gasteiger partial charge in [-0.05, 0) is 48.2 Å². The van der Waals surface area contributed by atoms with Gasteiger partial charge in [-0.1, -0.05) is 35.9 Å². The minimum Gasteiger partial charge on any atom is -0.271 e. The van der Waals surface area contributed by atoms with Gasteiger partial charge >= 0.3 is 0 Å². The fraction of sp³-hybridized carbons (Fsp3) is 0.200. The van der Waals surface area contributed by atoms with E-state index in [9.17, 15) is 4.39 Å². The number of hydrogen-bond donors (Lipinski definition) is 2. The summed E-state index contributed by atoms with van der Waals surface area (Å²) in [6.45, 7) is 1.86. The van der Waals surface area contributed by atoms with Gasteiger partial charge in [-0.15, -0.1) is 0 Å². The van der Waals surface area contributed by atoms with Gasteiger partial charge < -0.3 is 0 Å². The Kier molecular flexibility index (Phi) is 4.53. The van der Waals surface area contributed by atoms with Crippen LogP contribution in [0, 0.1) is 12.7 Å².